The first-order chi connectivity index (χ1) is 3.38. The highest BCUT2D eigenvalue weighted by atomic mass is 79.9. The Morgan fingerprint density at radius 3 is 2.29 bits per heavy atom. The Hall–Kier alpha value is 0.480. The molecule has 7 heavy (non-hydrogen) atoms. The van der Waals surface area contributed by atoms with Crippen molar-refractivity contribution >= 4 is 15.9 Å². The second kappa shape index (κ2) is 1.25. The number of halogens is 1. The Balaban J connectivity index is 2.08. The predicted molar refractivity (Wildman–Crippen MR) is 33.5 cm³/mol. The average Bonchev–Trinajstić information content (AvgIpc) is 2.33. The van der Waals surface area contributed by atoms with E-state index in [0.29, 0.717) is 0 Å². The lowest BCUT2D eigenvalue weighted by Crippen LogP contribution is -1.91. The van der Waals surface area contributed by atoms with E-state index in [1.807, 2.05) is 0 Å². The van der Waals surface area contributed by atoms with Crippen molar-refractivity contribution in [3.63, 3.8) is 0 Å². The predicted octanol–water partition coefficient (Wildman–Crippen LogP) is 2.18. The smallest absolute Gasteiger partial charge is 0.0176 e. The number of alkyl halides is 1. The zero-order valence-electron chi connectivity index (χ0n) is 4.23. The summed E-state index contributed by atoms with van der Waals surface area (Å²) in [5.74, 6) is 2.24. The van der Waals surface area contributed by atoms with Crippen LogP contribution in [0, 0.1) is 11.8 Å². The summed E-state index contributed by atoms with van der Waals surface area (Å²) < 4.78 is 0. The molecule has 0 bridgehead atoms. The van der Waals surface area contributed by atoms with Crippen LogP contribution in [0.5, 0.6) is 0 Å². The molecule has 1 heteroatoms. The summed E-state index contributed by atoms with van der Waals surface area (Å²) in [5.41, 5.74) is 0. The first-order valence-electron chi connectivity index (χ1n) is 3.02. The van der Waals surface area contributed by atoms with Gasteiger partial charge < -0.3 is 0 Å². The van der Waals surface area contributed by atoms with Crippen LogP contribution in [-0.2, 0) is 0 Å². The Bertz CT molecular complexity index is 90.2. The Kier molecular flexibility index (Phi) is 0.780. The number of hydrogen-bond acceptors (Lipinski definition) is 0. The molecular formula is C6H9Br. The van der Waals surface area contributed by atoms with Gasteiger partial charge in [0.2, 0.25) is 0 Å². The molecule has 0 aromatic carbocycles. The maximum Gasteiger partial charge on any atom is 0.0176 e. The van der Waals surface area contributed by atoms with Gasteiger partial charge in [0.15, 0.2) is 0 Å². The van der Waals surface area contributed by atoms with Crippen molar-refractivity contribution in [3.8, 4) is 0 Å². The molecule has 0 saturated heterocycles. The molecule has 2 aliphatic rings. The summed E-state index contributed by atoms with van der Waals surface area (Å²) in [6.07, 6.45) is 4.46. The maximum atomic E-state index is 3.65. The van der Waals surface area contributed by atoms with E-state index < -0.39 is 0 Å². The Labute approximate surface area is 52.4 Å². The van der Waals surface area contributed by atoms with E-state index in [-0.39, 0.29) is 0 Å². The standard InChI is InChI=1S/C6H9Br/c7-6-2-1-4-3-5(4)6/h4-6H,1-3H2/t4-,5-,6-/m1/s1. The molecule has 40 valence electrons. The zero-order chi connectivity index (χ0) is 4.85. The summed E-state index contributed by atoms with van der Waals surface area (Å²) in [4.78, 5) is 0.900. The van der Waals surface area contributed by atoms with Crippen LogP contribution in [-0.4, -0.2) is 4.83 Å². The number of hydrogen-bond donors (Lipinski definition) is 0. The molecule has 2 rings (SSSR count). The van der Waals surface area contributed by atoms with Gasteiger partial charge in [-0.3, -0.25) is 0 Å². The minimum absolute atomic E-state index is 0.900. The second-order valence-corrected chi connectivity index (χ2v) is 3.93. The van der Waals surface area contributed by atoms with Gasteiger partial charge in [0.05, 0.1) is 0 Å². The molecule has 0 amide bonds. The van der Waals surface area contributed by atoms with Crippen LogP contribution in [0.15, 0.2) is 0 Å². The molecule has 0 aliphatic heterocycles. The number of fused-ring (bicyclic) bond motifs is 1. The fraction of sp³-hybridized carbons (Fsp3) is 1.00. The third kappa shape index (κ3) is 0.543. The van der Waals surface area contributed by atoms with Crippen LogP contribution in [0.25, 0.3) is 0 Å². The van der Waals surface area contributed by atoms with Crippen LogP contribution in [0.3, 0.4) is 0 Å². The summed E-state index contributed by atoms with van der Waals surface area (Å²) >= 11 is 3.65. The molecule has 3 atom stereocenters. The molecule has 2 saturated carbocycles. The van der Waals surface area contributed by atoms with Gasteiger partial charge in [0, 0.05) is 4.83 Å². The zero-order valence-corrected chi connectivity index (χ0v) is 5.82. The topological polar surface area (TPSA) is 0 Å². The summed E-state index contributed by atoms with van der Waals surface area (Å²) in [6.45, 7) is 0. The quantitative estimate of drug-likeness (QED) is 0.477. The van der Waals surface area contributed by atoms with E-state index in [9.17, 15) is 0 Å². The van der Waals surface area contributed by atoms with Crippen molar-refractivity contribution in [2.24, 2.45) is 11.8 Å². The van der Waals surface area contributed by atoms with E-state index in [0.717, 1.165) is 16.7 Å². The van der Waals surface area contributed by atoms with E-state index in [2.05, 4.69) is 15.9 Å². The van der Waals surface area contributed by atoms with Crippen molar-refractivity contribution in [1.82, 2.24) is 0 Å². The highest BCUT2D eigenvalue weighted by Gasteiger charge is 2.46. The lowest BCUT2D eigenvalue weighted by Gasteiger charge is -1.95. The molecule has 0 aromatic heterocycles. The van der Waals surface area contributed by atoms with Gasteiger partial charge in [0.1, 0.15) is 0 Å². The van der Waals surface area contributed by atoms with Crippen LogP contribution in [0.1, 0.15) is 19.3 Å². The minimum atomic E-state index is 0.900. The number of rotatable bonds is 0. The van der Waals surface area contributed by atoms with Crippen LogP contribution in [0.2, 0.25) is 0 Å². The lowest BCUT2D eigenvalue weighted by molar-refractivity contribution is 0.754. The molecule has 0 nitrogen and oxygen atoms in total. The SMILES string of the molecule is Br[C@@H]1CC[C@@H]2C[C@H]21. The summed E-state index contributed by atoms with van der Waals surface area (Å²) in [5, 5.41) is 0. The minimum Gasteiger partial charge on any atom is -0.0888 e. The Morgan fingerprint density at radius 1 is 1.29 bits per heavy atom. The van der Waals surface area contributed by atoms with E-state index in [4.69, 9.17) is 0 Å². The lowest BCUT2D eigenvalue weighted by atomic mass is 10.3. The van der Waals surface area contributed by atoms with Crippen molar-refractivity contribution in [2.45, 2.75) is 24.1 Å². The van der Waals surface area contributed by atoms with Gasteiger partial charge in [-0.25, -0.2) is 0 Å². The highest BCUT2D eigenvalue weighted by molar-refractivity contribution is 9.09. The third-order valence-electron chi connectivity index (χ3n) is 2.26. The summed E-state index contributed by atoms with van der Waals surface area (Å²) in [7, 11) is 0. The molecule has 2 aliphatic carbocycles. The first-order valence-corrected chi connectivity index (χ1v) is 3.93. The van der Waals surface area contributed by atoms with Crippen molar-refractivity contribution in [1.29, 1.82) is 0 Å². The van der Waals surface area contributed by atoms with Crippen molar-refractivity contribution in [3.05, 3.63) is 0 Å². The summed E-state index contributed by atoms with van der Waals surface area (Å²) in [6, 6.07) is 0. The van der Waals surface area contributed by atoms with E-state index >= 15 is 0 Å². The Morgan fingerprint density at radius 2 is 2.14 bits per heavy atom. The molecular weight excluding hydrogens is 152 g/mol. The van der Waals surface area contributed by atoms with Crippen LogP contribution >= 0.6 is 15.9 Å². The molecule has 0 radical (unpaired) electrons. The maximum absolute atomic E-state index is 3.65. The second-order valence-electron chi connectivity index (χ2n) is 2.75. The first kappa shape index (κ1) is 4.37. The van der Waals surface area contributed by atoms with Gasteiger partial charge in [-0.05, 0) is 31.1 Å². The van der Waals surface area contributed by atoms with Gasteiger partial charge in [-0.2, -0.15) is 0 Å². The average molecular weight is 161 g/mol. The van der Waals surface area contributed by atoms with Crippen molar-refractivity contribution in [2.75, 3.05) is 0 Å². The fourth-order valence-electron chi connectivity index (χ4n) is 1.63. The highest BCUT2D eigenvalue weighted by Crippen LogP contribution is 2.54. The largest absolute Gasteiger partial charge is 0.0888 e. The van der Waals surface area contributed by atoms with Gasteiger partial charge in [-0.15, -0.1) is 0 Å². The normalized spacial score (nSPS) is 57.0. The fourth-order valence-corrected chi connectivity index (χ4v) is 2.55. The van der Waals surface area contributed by atoms with Crippen molar-refractivity contribution < 1.29 is 0 Å². The molecule has 0 N–H and O–H groups in total. The molecule has 2 fully saturated rings. The molecule has 0 unspecified atom stereocenters. The van der Waals surface area contributed by atoms with Gasteiger partial charge in [-0.1, -0.05) is 15.9 Å². The third-order valence-corrected chi connectivity index (χ3v) is 3.39. The molecule has 0 aromatic rings. The van der Waals surface area contributed by atoms with Gasteiger partial charge in [0.25, 0.3) is 0 Å². The van der Waals surface area contributed by atoms with Crippen LogP contribution < -0.4 is 0 Å². The van der Waals surface area contributed by atoms with E-state index in [1.165, 1.54) is 19.3 Å². The van der Waals surface area contributed by atoms with Gasteiger partial charge >= 0.3 is 0 Å². The van der Waals surface area contributed by atoms with Crippen LogP contribution in [0.4, 0.5) is 0 Å². The molecule has 0 spiro atoms. The monoisotopic (exact) mass is 160 g/mol. The molecule has 0 heterocycles. The van der Waals surface area contributed by atoms with E-state index in [1.54, 1.807) is 0 Å².